The van der Waals surface area contributed by atoms with E-state index in [1.807, 2.05) is 26.8 Å². The molecule has 0 atom stereocenters. The number of nitrogens with one attached hydrogen (secondary N) is 1. The standard InChI is InChI=1S/C17H27N3O3S/c1-4-8-18-17(21)19-9-5-10-20(12-11-19)24(22,23)16-7-6-14(2)15(3)13-16/h6-7,13H,4-5,8-12H2,1-3H3,(H,18,21). The van der Waals surface area contributed by atoms with Crippen LogP contribution < -0.4 is 5.32 Å². The van der Waals surface area contributed by atoms with Crippen molar-refractivity contribution in [2.24, 2.45) is 0 Å². The molecule has 0 bridgehead atoms. The Balaban J connectivity index is 2.09. The molecular weight excluding hydrogens is 326 g/mol. The minimum absolute atomic E-state index is 0.109. The molecule has 0 aliphatic carbocycles. The molecule has 0 aromatic heterocycles. The van der Waals surface area contributed by atoms with Gasteiger partial charge in [-0.15, -0.1) is 0 Å². The number of urea groups is 1. The van der Waals surface area contributed by atoms with E-state index in [4.69, 9.17) is 0 Å². The first-order chi connectivity index (χ1) is 11.4. The summed E-state index contributed by atoms with van der Waals surface area (Å²) in [5.74, 6) is 0. The lowest BCUT2D eigenvalue weighted by molar-refractivity contribution is 0.200. The van der Waals surface area contributed by atoms with Crippen LogP contribution >= 0.6 is 0 Å². The molecule has 1 aliphatic heterocycles. The molecule has 1 aliphatic rings. The van der Waals surface area contributed by atoms with Crippen molar-refractivity contribution in [3.8, 4) is 0 Å². The molecule has 24 heavy (non-hydrogen) atoms. The van der Waals surface area contributed by atoms with Gasteiger partial charge in [0.1, 0.15) is 0 Å². The first kappa shape index (κ1) is 18.7. The van der Waals surface area contributed by atoms with Crippen molar-refractivity contribution in [2.45, 2.75) is 38.5 Å². The summed E-state index contributed by atoms with van der Waals surface area (Å²) >= 11 is 0. The van der Waals surface area contributed by atoms with Crippen molar-refractivity contribution in [1.29, 1.82) is 0 Å². The third-order valence-electron chi connectivity index (χ3n) is 4.38. The lowest BCUT2D eigenvalue weighted by atomic mass is 10.1. The van der Waals surface area contributed by atoms with E-state index in [0.717, 1.165) is 17.5 Å². The molecule has 0 radical (unpaired) electrons. The first-order valence-electron chi connectivity index (χ1n) is 8.46. The van der Waals surface area contributed by atoms with Crippen LogP contribution in [-0.4, -0.2) is 56.4 Å². The summed E-state index contributed by atoms with van der Waals surface area (Å²) in [6.07, 6.45) is 1.52. The van der Waals surface area contributed by atoms with Gasteiger partial charge in [0, 0.05) is 32.7 Å². The molecule has 0 saturated carbocycles. The van der Waals surface area contributed by atoms with Crippen LogP contribution in [0.1, 0.15) is 30.9 Å². The molecule has 0 spiro atoms. The maximum absolute atomic E-state index is 12.9. The van der Waals surface area contributed by atoms with Gasteiger partial charge in [-0.3, -0.25) is 0 Å². The van der Waals surface area contributed by atoms with Crippen molar-refractivity contribution in [2.75, 3.05) is 32.7 Å². The molecule has 1 aromatic rings. The molecular formula is C17H27N3O3S. The summed E-state index contributed by atoms with van der Waals surface area (Å²) in [5, 5.41) is 2.85. The molecule has 1 fully saturated rings. The Kier molecular flexibility index (Phi) is 6.23. The smallest absolute Gasteiger partial charge is 0.317 e. The summed E-state index contributed by atoms with van der Waals surface area (Å²) in [5.41, 5.74) is 2.04. The molecule has 2 rings (SSSR count). The lowest BCUT2D eigenvalue weighted by Crippen LogP contribution is -2.42. The highest BCUT2D eigenvalue weighted by Crippen LogP contribution is 2.20. The highest BCUT2D eigenvalue weighted by atomic mass is 32.2. The largest absolute Gasteiger partial charge is 0.338 e. The predicted octanol–water partition coefficient (Wildman–Crippen LogP) is 2.12. The van der Waals surface area contributed by atoms with E-state index in [9.17, 15) is 13.2 Å². The second-order valence-corrected chi connectivity index (χ2v) is 8.16. The van der Waals surface area contributed by atoms with Crippen LogP contribution in [0.2, 0.25) is 0 Å². The zero-order valence-corrected chi connectivity index (χ0v) is 15.5. The zero-order chi connectivity index (χ0) is 17.7. The maximum atomic E-state index is 12.9. The van der Waals surface area contributed by atoms with Gasteiger partial charge in [0.2, 0.25) is 10.0 Å². The normalized spacial score (nSPS) is 16.7. The van der Waals surface area contributed by atoms with Gasteiger partial charge in [-0.1, -0.05) is 13.0 Å². The Labute approximate surface area is 144 Å². The van der Waals surface area contributed by atoms with E-state index < -0.39 is 10.0 Å². The number of carbonyl (C=O) groups excluding carboxylic acids is 1. The van der Waals surface area contributed by atoms with Crippen molar-refractivity contribution in [3.63, 3.8) is 0 Å². The topological polar surface area (TPSA) is 69.7 Å². The number of amides is 2. The Hall–Kier alpha value is -1.60. The zero-order valence-electron chi connectivity index (χ0n) is 14.7. The molecule has 2 amide bonds. The molecule has 1 saturated heterocycles. The predicted molar refractivity (Wildman–Crippen MR) is 94.6 cm³/mol. The van der Waals surface area contributed by atoms with Crippen molar-refractivity contribution < 1.29 is 13.2 Å². The SMILES string of the molecule is CCCNC(=O)N1CCCN(S(=O)(=O)c2ccc(C)c(C)c2)CC1. The van der Waals surface area contributed by atoms with E-state index in [2.05, 4.69) is 5.32 Å². The second-order valence-electron chi connectivity index (χ2n) is 6.22. The molecule has 0 unspecified atom stereocenters. The van der Waals surface area contributed by atoms with Gasteiger partial charge in [-0.2, -0.15) is 4.31 Å². The van der Waals surface area contributed by atoms with Crippen LogP contribution in [0.4, 0.5) is 4.79 Å². The summed E-state index contributed by atoms with van der Waals surface area (Å²) in [7, 11) is -3.52. The number of nitrogens with zero attached hydrogens (tertiary/aromatic N) is 2. The maximum Gasteiger partial charge on any atom is 0.317 e. The Bertz CT molecular complexity index is 688. The number of hydrogen-bond acceptors (Lipinski definition) is 3. The fraction of sp³-hybridized carbons (Fsp3) is 0.588. The van der Waals surface area contributed by atoms with Crippen LogP contribution in [0.25, 0.3) is 0 Å². The quantitative estimate of drug-likeness (QED) is 0.901. The number of carbonyl (C=O) groups is 1. The molecule has 6 nitrogen and oxygen atoms in total. The Morgan fingerprint density at radius 3 is 2.54 bits per heavy atom. The average molecular weight is 353 g/mol. The Morgan fingerprint density at radius 1 is 1.12 bits per heavy atom. The van der Waals surface area contributed by atoms with Crippen LogP contribution in [0.3, 0.4) is 0 Å². The molecule has 1 aromatic carbocycles. The van der Waals surface area contributed by atoms with Crippen molar-refractivity contribution in [3.05, 3.63) is 29.3 Å². The average Bonchev–Trinajstić information content (AvgIpc) is 2.81. The van der Waals surface area contributed by atoms with Gasteiger partial charge < -0.3 is 10.2 Å². The van der Waals surface area contributed by atoms with E-state index in [0.29, 0.717) is 44.0 Å². The van der Waals surface area contributed by atoms with Crippen molar-refractivity contribution in [1.82, 2.24) is 14.5 Å². The number of benzene rings is 1. The van der Waals surface area contributed by atoms with Gasteiger partial charge in [0.15, 0.2) is 0 Å². The van der Waals surface area contributed by atoms with Gasteiger partial charge in [0.25, 0.3) is 0 Å². The summed E-state index contributed by atoms with van der Waals surface area (Å²) in [4.78, 5) is 14.1. The highest BCUT2D eigenvalue weighted by molar-refractivity contribution is 7.89. The second kappa shape index (κ2) is 7.98. The van der Waals surface area contributed by atoms with Crippen molar-refractivity contribution >= 4 is 16.1 Å². The minimum atomic E-state index is -3.52. The third kappa shape index (κ3) is 4.27. The van der Waals surface area contributed by atoms with E-state index in [1.54, 1.807) is 17.0 Å². The van der Waals surface area contributed by atoms with Gasteiger partial charge >= 0.3 is 6.03 Å². The number of aryl methyl sites for hydroxylation is 2. The fourth-order valence-electron chi connectivity index (χ4n) is 2.70. The molecule has 134 valence electrons. The highest BCUT2D eigenvalue weighted by Gasteiger charge is 2.28. The molecule has 7 heteroatoms. The van der Waals surface area contributed by atoms with Gasteiger partial charge in [0.05, 0.1) is 4.90 Å². The minimum Gasteiger partial charge on any atom is -0.338 e. The van der Waals surface area contributed by atoms with Crippen LogP contribution in [-0.2, 0) is 10.0 Å². The molecule has 1 heterocycles. The summed E-state index contributed by atoms with van der Waals surface area (Å²) in [6.45, 7) is 8.28. The number of hydrogen-bond donors (Lipinski definition) is 1. The summed E-state index contributed by atoms with van der Waals surface area (Å²) in [6, 6.07) is 5.11. The van der Waals surface area contributed by atoms with E-state index in [-0.39, 0.29) is 6.03 Å². The monoisotopic (exact) mass is 353 g/mol. The van der Waals surface area contributed by atoms with E-state index in [1.165, 1.54) is 4.31 Å². The summed E-state index contributed by atoms with van der Waals surface area (Å²) < 4.78 is 27.2. The Morgan fingerprint density at radius 2 is 1.88 bits per heavy atom. The number of sulfonamides is 1. The van der Waals surface area contributed by atoms with Crippen LogP contribution in [0.15, 0.2) is 23.1 Å². The lowest BCUT2D eigenvalue weighted by Gasteiger charge is -2.22. The first-order valence-corrected chi connectivity index (χ1v) is 9.90. The number of rotatable bonds is 4. The van der Waals surface area contributed by atoms with E-state index >= 15 is 0 Å². The third-order valence-corrected chi connectivity index (χ3v) is 6.28. The van der Waals surface area contributed by atoms with Gasteiger partial charge in [-0.05, 0) is 49.9 Å². The van der Waals surface area contributed by atoms with Crippen LogP contribution in [0.5, 0.6) is 0 Å². The fourth-order valence-corrected chi connectivity index (χ4v) is 4.26. The van der Waals surface area contributed by atoms with Crippen LogP contribution in [0, 0.1) is 13.8 Å². The molecule has 1 N–H and O–H groups in total. The van der Waals surface area contributed by atoms with Gasteiger partial charge in [-0.25, -0.2) is 13.2 Å².